The number of nitrogens with one attached hydrogen (secondary N) is 4. The molecule has 0 aromatic rings. The van der Waals surface area contributed by atoms with Crippen molar-refractivity contribution in [3.8, 4) is 0 Å². The van der Waals surface area contributed by atoms with Gasteiger partial charge in [-0.05, 0) is 0 Å². The lowest BCUT2D eigenvalue weighted by molar-refractivity contribution is -0.129. The average molecular weight is 597 g/mol. The first kappa shape index (κ1) is 38.6. The Hall–Kier alpha value is -2.44. The number of rotatable bonds is 28. The Labute approximate surface area is 240 Å². The molecule has 0 aliphatic carbocycles. The number of hydrogen-bond donors (Lipinski definition) is 8. The summed E-state index contributed by atoms with van der Waals surface area (Å²) in [5.74, 6) is -1.20. The van der Waals surface area contributed by atoms with E-state index in [1.54, 1.807) is 0 Å². The minimum absolute atomic E-state index is 0.0183. The van der Waals surface area contributed by atoms with E-state index < -0.39 is 5.41 Å². The molecule has 8 N–H and O–H groups in total. The van der Waals surface area contributed by atoms with E-state index in [0.29, 0.717) is 0 Å². The average Bonchev–Trinajstić information content (AvgIpc) is 2.97. The van der Waals surface area contributed by atoms with Crippen LogP contribution in [0.3, 0.4) is 0 Å². The standard InChI is InChI=1S/C25H48N4O12/c30-9-5-26-21(34)1-13-38-17-25(18-39-14-2-22(35)27-6-10-31,19-40-15-3-23(36)28-7-11-32)20-41-16-4-24(37)29-8-12-33/h30-33H,1-20H2,(H,26,34)(H,27,35)(H,28,36)(H,29,37). The van der Waals surface area contributed by atoms with Crippen LogP contribution in [-0.4, -0.2) is 150 Å². The zero-order chi connectivity index (χ0) is 30.6. The van der Waals surface area contributed by atoms with Gasteiger partial charge in [0.05, 0.1) is 84.7 Å². The molecule has 41 heavy (non-hydrogen) atoms. The molecule has 240 valence electrons. The van der Waals surface area contributed by atoms with E-state index in [0.717, 1.165) is 0 Å². The van der Waals surface area contributed by atoms with E-state index in [-0.39, 0.29) is 155 Å². The predicted molar refractivity (Wildman–Crippen MR) is 145 cm³/mol. The molecule has 16 heteroatoms. The second-order valence-electron chi connectivity index (χ2n) is 9.00. The quantitative estimate of drug-likeness (QED) is 0.0404. The molecule has 16 nitrogen and oxygen atoms in total. The maximum Gasteiger partial charge on any atom is 0.222 e. The van der Waals surface area contributed by atoms with Crippen LogP contribution in [-0.2, 0) is 38.1 Å². The molecule has 0 spiro atoms. The fraction of sp³-hybridized carbons (Fsp3) is 0.840. The van der Waals surface area contributed by atoms with E-state index >= 15 is 0 Å². The topological polar surface area (TPSA) is 234 Å². The number of carbonyl (C=O) groups excluding carboxylic acids is 4. The third-order valence-corrected chi connectivity index (χ3v) is 5.26. The van der Waals surface area contributed by atoms with Crippen molar-refractivity contribution >= 4 is 23.6 Å². The highest BCUT2D eigenvalue weighted by Crippen LogP contribution is 2.21. The molecule has 0 fully saturated rings. The van der Waals surface area contributed by atoms with Crippen LogP contribution in [0.25, 0.3) is 0 Å². The molecule has 0 heterocycles. The van der Waals surface area contributed by atoms with Gasteiger partial charge in [-0.15, -0.1) is 0 Å². The molecule has 0 aliphatic heterocycles. The van der Waals surface area contributed by atoms with Gasteiger partial charge in [0.2, 0.25) is 23.6 Å². The van der Waals surface area contributed by atoms with Gasteiger partial charge in [0, 0.05) is 51.9 Å². The Bertz CT molecular complexity index is 597. The third kappa shape index (κ3) is 22.9. The van der Waals surface area contributed by atoms with E-state index in [4.69, 9.17) is 39.4 Å². The molecule has 0 aliphatic rings. The van der Waals surface area contributed by atoms with Crippen molar-refractivity contribution in [2.24, 2.45) is 5.41 Å². The summed E-state index contributed by atoms with van der Waals surface area (Å²) in [5.41, 5.74) is -0.938. The van der Waals surface area contributed by atoms with E-state index in [1.807, 2.05) is 0 Å². The van der Waals surface area contributed by atoms with Crippen LogP contribution in [0.5, 0.6) is 0 Å². The van der Waals surface area contributed by atoms with Crippen LogP contribution in [0.2, 0.25) is 0 Å². The Kier molecular flexibility index (Phi) is 24.9. The summed E-state index contributed by atoms with van der Waals surface area (Å²) in [7, 11) is 0. The lowest BCUT2D eigenvalue weighted by Gasteiger charge is -2.33. The molecule has 0 rings (SSSR count). The van der Waals surface area contributed by atoms with E-state index in [2.05, 4.69) is 21.3 Å². The molecule has 0 aromatic carbocycles. The van der Waals surface area contributed by atoms with E-state index in [9.17, 15) is 19.2 Å². The highest BCUT2D eigenvalue weighted by Gasteiger charge is 2.33. The van der Waals surface area contributed by atoms with Gasteiger partial charge in [-0.2, -0.15) is 0 Å². The van der Waals surface area contributed by atoms with Crippen molar-refractivity contribution in [3.05, 3.63) is 0 Å². The van der Waals surface area contributed by atoms with Crippen molar-refractivity contribution < 1.29 is 58.6 Å². The minimum atomic E-state index is -0.938. The number of aliphatic hydroxyl groups is 4. The largest absolute Gasteiger partial charge is 0.395 e. The van der Waals surface area contributed by atoms with Crippen molar-refractivity contribution in [1.82, 2.24) is 21.3 Å². The fourth-order valence-corrected chi connectivity index (χ4v) is 3.20. The smallest absolute Gasteiger partial charge is 0.222 e. The molecule has 0 aromatic heterocycles. The fourth-order valence-electron chi connectivity index (χ4n) is 3.20. The Morgan fingerprint density at radius 2 is 0.659 bits per heavy atom. The van der Waals surface area contributed by atoms with Crippen LogP contribution in [0, 0.1) is 5.41 Å². The molecule has 0 unspecified atom stereocenters. The summed E-state index contributed by atoms with van der Waals surface area (Å²) >= 11 is 0. The lowest BCUT2D eigenvalue weighted by atomic mass is 9.92. The number of carbonyl (C=O) groups is 4. The first-order valence-corrected chi connectivity index (χ1v) is 13.6. The van der Waals surface area contributed by atoms with Gasteiger partial charge in [0.15, 0.2) is 0 Å². The second-order valence-corrected chi connectivity index (χ2v) is 9.00. The van der Waals surface area contributed by atoms with Crippen LogP contribution in [0.15, 0.2) is 0 Å². The normalized spacial score (nSPS) is 11.2. The van der Waals surface area contributed by atoms with Gasteiger partial charge in [-0.25, -0.2) is 0 Å². The third-order valence-electron chi connectivity index (χ3n) is 5.26. The molecule has 0 saturated heterocycles. The molecular formula is C25H48N4O12. The molecule has 0 bridgehead atoms. The Balaban J connectivity index is 5.24. The monoisotopic (exact) mass is 596 g/mol. The summed E-state index contributed by atoms with van der Waals surface area (Å²) in [6.07, 6.45) is 0.166. The van der Waals surface area contributed by atoms with Gasteiger partial charge in [-0.1, -0.05) is 0 Å². The number of aliphatic hydroxyl groups excluding tert-OH is 4. The molecule has 0 atom stereocenters. The maximum atomic E-state index is 11.8. The summed E-state index contributed by atoms with van der Waals surface area (Å²) < 4.78 is 23.0. The maximum absolute atomic E-state index is 11.8. The van der Waals surface area contributed by atoms with Crippen LogP contribution in [0.1, 0.15) is 25.7 Å². The first-order valence-electron chi connectivity index (χ1n) is 13.6. The van der Waals surface area contributed by atoms with Crippen molar-refractivity contribution in [3.63, 3.8) is 0 Å². The molecular weight excluding hydrogens is 548 g/mol. The Morgan fingerprint density at radius 1 is 0.439 bits per heavy atom. The number of amides is 4. The minimum Gasteiger partial charge on any atom is -0.395 e. The summed E-state index contributed by atoms with van der Waals surface area (Å²) in [6.45, 7) is 0.0470. The summed E-state index contributed by atoms with van der Waals surface area (Å²) in [4.78, 5) is 47.4. The predicted octanol–water partition coefficient (Wildman–Crippen LogP) is -3.97. The highest BCUT2D eigenvalue weighted by atomic mass is 16.5. The van der Waals surface area contributed by atoms with Crippen molar-refractivity contribution in [2.75, 3.05) is 105 Å². The second kappa shape index (κ2) is 26.5. The molecule has 0 saturated carbocycles. The van der Waals surface area contributed by atoms with Gasteiger partial charge in [0.25, 0.3) is 0 Å². The van der Waals surface area contributed by atoms with Crippen LogP contribution < -0.4 is 21.3 Å². The number of ether oxygens (including phenoxy) is 4. The summed E-state index contributed by atoms with van der Waals surface area (Å²) in [6, 6.07) is 0. The van der Waals surface area contributed by atoms with Gasteiger partial charge in [0.1, 0.15) is 0 Å². The lowest BCUT2D eigenvalue weighted by Crippen LogP contribution is -2.43. The van der Waals surface area contributed by atoms with Crippen molar-refractivity contribution in [1.29, 1.82) is 0 Å². The number of hydrogen-bond acceptors (Lipinski definition) is 12. The van der Waals surface area contributed by atoms with E-state index in [1.165, 1.54) is 0 Å². The van der Waals surface area contributed by atoms with Gasteiger partial charge < -0.3 is 60.6 Å². The molecule has 0 radical (unpaired) electrons. The van der Waals surface area contributed by atoms with Crippen LogP contribution in [0.4, 0.5) is 0 Å². The van der Waals surface area contributed by atoms with Crippen LogP contribution >= 0.6 is 0 Å². The zero-order valence-electron chi connectivity index (χ0n) is 23.7. The van der Waals surface area contributed by atoms with Gasteiger partial charge >= 0.3 is 0 Å². The zero-order valence-corrected chi connectivity index (χ0v) is 23.7. The molecule has 4 amide bonds. The van der Waals surface area contributed by atoms with Gasteiger partial charge in [-0.3, -0.25) is 19.2 Å². The first-order chi connectivity index (χ1) is 19.8. The SMILES string of the molecule is O=C(CCOCC(COCCC(=O)NCCO)(COCCC(=O)NCCO)COCCC(=O)NCCO)NCCO. The summed E-state index contributed by atoms with van der Waals surface area (Å²) in [5, 5.41) is 45.5. The van der Waals surface area contributed by atoms with Crippen molar-refractivity contribution in [2.45, 2.75) is 25.7 Å². The Morgan fingerprint density at radius 3 is 0.854 bits per heavy atom. The highest BCUT2D eigenvalue weighted by molar-refractivity contribution is 5.76.